The van der Waals surface area contributed by atoms with Crippen molar-refractivity contribution in [2.45, 2.75) is 25.4 Å². The van der Waals surface area contributed by atoms with Crippen LogP contribution in [-0.4, -0.2) is 46.8 Å². The van der Waals surface area contributed by atoms with Gasteiger partial charge in [-0.25, -0.2) is 0 Å². The van der Waals surface area contributed by atoms with E-state index in [1.54, 1.807) is 0 Å². The molecule has 5 heteroatoms. The molecule has 1 saturated heterocycles. The summed E-state index contributed by atoms with van der Waals surface area (Å²) in [7, 11) is 0. The number of hydrogen-bond acceptors (Lipinski definition) is 4. The summed E-state index contributed by atoms with van der Waals surface area (Å²) in [5.41, 5.74) is 5.87. The van der Waals surface area contributed by atoms with Gasteiger partial charge in [0.15, 0.2) is 0 Å². The van der Waals surface area contributed by atoms with E-state index < -0.39 is 5.60 Å². The molecule has 0 spiro atoms. The Morgan fingerprint density at radius 3 is 2.95 bits per heavy atom. The summed E-state index contributed by atoms with van der Waals surface area (Å²) in [5.74, 6) is 0.726. The molecule has 4 nitrogen and oxygen atoms in total. The monoisotopic (exact) mass is 294 g/mol. The van der Waals surface area contributed by atoms with Crippen molar-refractivity contribution in [3.63, 3.8) is 0 Å². The maximum absolute atomic E-state index is 10.1. The number of likely N-dealkylation sites (tertiary alicyclic amines) is 1. The number of para-hydroxylation sites is 1. The van der Waals surface area contributed by atoms with Gasteiger partial charge in [-0.1, -0.05) is 24.4 Å². The van der Waals surface area contributed by atoms with Gasteiger partial charge in [-0.05, 0) is 38.4 Å². The minimum Gasteiger partial charge on any atom is -0.492 e. The Morgan fingerprint density at radius 2 is 2.25 bits per heavy atom. The lowest BCUT2D eigenvalue weighted by atomic mass is 9.95. The number of β-amino-alcohol motifs (C(OH)–C–C–N with tert-alkyl or cyclic N) is 1. The average molecular weight is 294 g/mol. The zero-order valence-corrected chi connectivity index (χ0v) is 12.7. The first kappa shape index (κ1) is 15.2. The van der Waals surface area contributed by atoms with Crippen LogP contribution in [0.3, 0.4) is 0 Å². The lowest BCUT2D eigenvalue weighted by Gasteiger charge is -2.36. The van der Waals surface area contributed by atoms with Gasteiger partial charge >= 0.3 is 0 Å². The van der Waals surface area contributed by atoms with E-state index in [1.807, 2.05) is 31.2 Å². The summed E-state index contributed by atoms with van der Waals surface area (Å²) in [4.78, 5) is 2.58. The van der Waals surface area contributed by atoms with E-state index in [9.17, 15) is 5.11 Å². The summed E-state index contributed by atoms with van der Waals surface area (Å²) in [6.07, 6.45) is 1.89. The number of hydrogen-bond donors (Lipinski definition) is 2. The molecule has 1 aliphatic rings. The molecular weight excluding hydrogens is 272 g/mol. The van der Waals surface area contributed by atoms with Crippen LogP contribution in [0.15, 0.2) is 24.3 Å². The van der Waals surface area contributed by atoms with Crippen molar-refractivity contribution in [1.29, 1.82) is 0 Å². The maximum Gasteiger partial charge on any atom is 0.129 e. The average Bonchev–Trinajstić information content (AvgIpc) is 2.38. The fourth-order valence-electron chi connectivity index (χ4n) is 2.59. The van der Waals surface area contributed by atoms with Crippen molar-refractivity contribution in [2.24, 2.45) is 5.73 Å². The van der Waals surface area contributed by atoms with E-state index >= 15 is 0 Å². The molecule has 1 aromatic rings. The first-order valence-corrected chi connectivity index (χ1v) is 7.35. The minimum absolute atomic E-state index is 0.349. The SMILES string of the molecule is CC1(O)CCCN(CCOc2ccccc2C(N)=S)C1. The zero-order chi connectivity index (χ0) is 14.6. The third kappa shape index (κ3) is 4.16. The van der Waals surface area contributed by atoms with Crippen LogP contribution in [0, 0.1) is 0 Å². The summed E-state index contributed by atoms with van der Waals surface area (Å²) in [6, 6.07) is 7.54. The Kier molecular flexibility index (Phi) is 4.96. The van der Waals surface area contributed by atoms with Gasteiger partial charge in [-0.15, -0.1) is 0 Å². The van der Waals surface area contributed by atoms with Crippen LogP contribution >= 0.6 is 12.2 Å². The van der Waals surface area contributed by atoms with Crippen molar-refractivity contribution in [1.82, 2.24) is 4.90 Å². The molecule has 2 rings (SSSR count). The van der Waals surface area contributed by atoms with Gasteiger partial charge < -0.3 is 15.6 Å². The number of aliphatic hydroxyl groups is 1. The Morgan fingerprint density at radius 1 is 1.50 bits per heavy atom. The van der Waals surface area contributed by atoms with E-state index in [0.29, 0.717) is 18.1 Å². The van der Waals surface area contributed by atoms with E-state index in [-0.39, 0.29) is 0 Å². The fourth-order valence-corrected chi connectivity index (χ4v) is 2.76. The van der Waals surface area contributed by atoms with Gasteiger partial charge in [0.25, 0.3) is 0 Å². The number of rotatable bonds is 5. The Labute approximate surface area is 125 Å². The van der Waals surface area contributed by atoms with Gasteiger partial charge in [0.05, 0.1) is 11.2 Å². The van der Waals surface area contributed by atoms with Gasteiger partial charge in [-0.3, -0.25) is 4.90 Å². The maximum atomic E-state index is 10.1. The third-order valence-electron chi connectivity index (χ3n) is 3.57. The second kappa shape index (κ2) is 6.52. The van der Waals surface area contributed by atoms with Crippen LogP contribution in [0.25, 0.3) is 0 Å². The molecule has 1 aliphatic heterocycles. The molecule has 1 heterocycles. The predicted octanol–water partition coefficient (Wildman–Crippen LogP) is 1.55. The van der Waals surface area contributed by atoms with Crippen molar-refractivity contribution in [3.05, 3.63) is 29.8 Å². The second-order valence-corrected chi connectivity index (χ2v) is 6.03. The highest BCUT2D eigenvalue weighted by molar-refractivity contribution is 7.80. The molecule has 0 radical (unpaired) electrons. The van der Waals surface area contributed by atoms with Crippen LogP contribution in [0.5, 0.6) is 5.75 Å². The van der Waals surface area contributed by atoms with E-state index in [4.69, 9.17) is 22.7 Å². The molecule has 110 valence electrons. The molecule has 1 fully saturated rings. The number of benzene rings is 1. The van der Waals surface area contributed by atoms with Gasteiger partial charge in [0.1, 0.15) is 17.3 Å². The normalized spacial score (nSPS) is 23.5. The summed E-state index contributed by atoms with van der Waals surface area (Å²) in [5, 5.41) is 10.1. The summed E-state index contributed by atoms with van der Waals surface area (Å²) in [6.45, 7) is 4.96. The van der Waals surface area contributed by atoms with Crippen molar-refractivity contribution >= 4 is 17.2 Å². The van der Waals surface area contributed by atoms with E-state index in [0.717, 1.165) is 37.2 Å². The number of nitrogens with zero attached hydrogens (tertiary/aromatic N) is 1. The predicted molar refractivity (Wildman–Crippen MR) is 84.1 cm³/mol. The minimum atomic E-state index is -0.574. The fraction of sp³-hybridized carbons (Fsp3) is 0.533. The smallest absolute Gasteiger partial charge is 0.129 e. The van der Waals surface area contributed by atoms with Crippen molar-refractivity contribution < 1.29 is 9.84 Å². The van der Waals surface area contributed by atoms with Crippen LogP contribution in [0.4, 0.5) is 0 Å². The Balaban J connectivity index is 1.86. The lowest BCUT2D eigenvalue weighted by molar-refractivity contribution is -0.0183. The quantitative estimate of drug-likeness (QED) is 0.807. The first-order valence-electron chi connectivity index (χ1n) is 6.94. The summed E-state index contributed by atoms with van der Waals surface area (Å²) < 4.78 is 5.78. The van der Waals surface area contributed by atoms with Crippen molar-refractivity contribution in [3.8, 4) is 5.75 Å². The highest BCUT2D eigenvalue weighted by atomic mass is 32.1. The first-order chi connectivity index (χ1) is 9.48. The van der Waals surface area contributed by atoms with Crippen LogP contribution < -0.4 is 10.5 Å². The Bertz CT molecular complexity index is 477. The van der Waals surface area contributed by atoms with Crippen molar-refractivity contribution in [2.75, 3.05) is 26.2 Å². The van der Waals surface area contributed by atoms with Crippen LogP contribution in [0.1, 0.15) is 25.3 Å². The number of piperidine rings is 1. The molecule has 1 unspecified atom stereocenters. The third-order valence-corrected chi connectivity index (χ3v) is 3.79. The number of ether oxygens (including phenoxy) is 1. The molecule has 20 heavy (non-hydrogen) atoms. The molecule has 0 aliphatic carbocycles. The molecule has 1 atom stereocenters. The highest BCUT2D eigenvalue weighted by Gasteiger charge is 2.27. The number of thiocarbonyl (C=S) groups is 1. The zero-order valence-electron chi connectivity index (χ0n) is 11.8. The molecule has 0 saturated carbocycles. The van der Waals surface area contributed by atoms with Crippen LogP contribution in [0.2, 0.25) is 0 Å². The summed E-state index contributed by atoms with van der Waals surface area (Å²) >= 11 is 5.01. The van der Waals surface area contributed by atoms with Gasteiger partial charge in [-0.2, -0.15) is 0 Å². The van der Waals surface area contributed by atoms with Gasteiger partial charge in [0, 0.05) is 13.1 Å². The van der Waals surface area contributed by atoms with E-state index in [1.165, 1.54) is 0 Å². The standard InChI is InChI=1S/C15H22N2O2S/c1-15(18)7-4-8-17(11-15)9-10-19-13-6-3-2-5-12(13)14(16)20/h2-3,5-6,18H,4,7-11H2,1H3,(H2,16,20). The largest absolute Gasteiger partial charge is 0.492 e. The molecule has 1 aromatic carbocycles. The topological polar surface area (TPSA) is 58.7 Å². The molecule has 3 N–H and O–H groups in total. The lowest BCUT2D eigenvalue weighted by Crippen LogP contribution is -2.47. The van der Waals surface area contributed by atoms with Crippen LogP contribution in [-0.2, 0) is 0 Å². The van der Waals surface area contributed by atoms with Gasteiger partial charge in [0.2, 0.25) is 0 Å². The molecular formula is C15H22N2O2S. The molecule has 0 aromatic heterocycles. The highest BCUT2D eigenvalue weighted by Crippen LogP contribution is 2.21. The van der Waals surface area contributed by atoms with E-state index in [2.05, 4.69) is 4.90 Å². The number of nitrogens with two attached hydrogens (primary N) is 1. The Hall–Kier alpha value is -1.17. The molecule has 0 bridgehead atoms. The second-order valence-electron chi connectivity index (χ2n) is 5.59. The molecule has 0 amide bonds.